The highest BCUT2D eigenvalue weighted by molar-refractivity contribution is 5.82. The summed E-state index contributed by atoms with van der Waals surface area (Å²) in [5.41, 5.74) is 1.06. The number of carbonyl (C=O) groups is 2. The number of ketones is 1. The van der Waals surface area contributed by atoms with Crippen molar-refractivity contribution in [1.82, 2.24) is 5.32 Å². The molecule has 1 rings (SSSR count). The molecule has 0 saturated heterocycles. The Labute approximate surface area is 107 Å². The minimum absolute atomic E-state index is 0.0168. The molecule has 0 aliphatic rings. The Kier molecular flexibility index (Phi) is 6.08. The highest BCUT2D eigenvalue weighted by Gasteiger charge is 2.15. The minimum atomic E-state index is -0.350. The van der Waals surface area contributed by atoms with Crippen LogP contribution in [0.3, 0.4) is 0 Å². The molecular formula is C14H19NO3. The Morgan fingerprint density at radius 2 is 1.94 bits per heavy atom. The first-order valence-corrected chi connectivity index (χ1v) is 6.07. The van der Waals surface area contributed by atoms with Gasteiger partial charge >= 0.3 is 5.97 Å². The zero-order valence-corrected chi connectivity index (χ0v) is 10.8. The Balaban J connectivity index is 2.51. The van der Waals surface area contributed by atoms with E-state index in [2.05, 4.69) is 5.32 Å². The molecule has 4 nitrogen and oxygen atoms in total. The van der Waals surface area contributed by atoms with Gasteiger partial charge in [-0.3, -0.25) is 14.9 Å². The molecule has 0 aliphatic heterocycles. The van der Waals surface area contributed by atoms with Gasteiger partial charge in [0.2, 0.25) is 0 Å². The number of hydrogen-bond acceptors (Lipinski definition) is 4. The third kappa shape index (κ3) is 5.10. The van der Waals surface area contributed by atoms with Gasteiger partial charge in [0.05, 0.1) is 19.2 Å². The van der Waals surface area contributed by atoms with Crippen LogP contribution >= 0.6 is 0 Å². The summed E-state index contributed by atoms with van der Waals surface area (Å²) in [5.74, 6) is -0.319. The molecule has 0 unspecified atom stereocenters. The Hall–Kier alpha value is -1.68. The van der Waals surface area contributed by atoms with Crippen LogP contribution in [0.25, 0.3) is 0 Å². The van der Waals surface area contributed by atoms with Crippen molar-refractivity contribution >= 4 is 11.8 Å². The van der Waals surface area contributed by atoms with Crippen LogP contribution in [0.15, 0.2) is 30.3 Å². The second-order valence-electron chi connectivity index (χ2n) is 4.04. The van der Waals surface area contributed by atoms with Gasteiger partial charge in [-0.15, -0.1) is 0 Å². The zero-order valence-electron chi connectivity index (χ0n) is 10.8. The summed E-state index contributed by atoms with van der Waals surface area (Å²) in [6, 6.07) is 9.36. The molecule has 1 atom stereocenters. The molecule has 0 aromatic heterocycles. The fraction of sp³-hybridized carbons (Fsp3) is 0.429. The van der Waals surface area contributed by atoms with Crippen LogP contribution in [0.1, 0.15) is 19.4 Å². The molecule has 0 amide bonds. The fourth-order valence-corrected chi connectivity index (χ4v) is 1.63. The molecule has 1 aromatic rings. The predicted octanol–water partition coefficient (Wildman–Crippen LogP) is 1.34. The molecule has 18 heavy (non-hydrogen) atoms. The van der Waals surface area contributed by atoms with E-state index in [0.717, 1.165) is 5.56 Å². The molecule has 4 heteroatoms. The van der Waals surface area contributed by atoms with E-state index < -0.39 is 0 Å². The molecular weight excluding hydrogens is 230 g/mol. The van der Waals surface area contributed by atoms with Crippen LogP contribution in [-0.4, -0.2) is 30.9 Å². The van der Waals surface area contributed by atoms with Crippen LogP contribution in [0.5, 0.6) is 0 Å². The molecule has 0 heterocycles. The van der Waals surface area contributed by atoms with Crippen molar-refractivity contribution in [3.8, 4) is 0 Å². The van der Waals surface area contributed by atoms with E-state index in [1.54, 1.807) is 6.92 Å². The summed E-state index contributed by atoms with van der Waals surface area (Å²) in [6.45, 7) is 3.69. The van der Waals surface area contributed by atoms with Crippen molar-refractivity contribution in [2.24, 2.45) is 0 Å². The van der Waals surface area contributed by atoms with Crippen LogP contribution in [0.4, 0.5) is 0 Å². The minimum Gasteiger partial charge on any atom is -0.465 e. The van der Waals surface area contributed by atoms with Crippen LogP contribution in [-0.2, 0) is 20.7 Å². The summed E-state index contributed by atoms with van der Waals surface area (Å²) in [4.78, 5) is 22.7. The topological polar surface area (TPSA) is 55.4 Å². The van der Waals surface area contributed by atoms with E-state index in [0.29, 0.717) is 13.0 Å². The number of benzene rings is 1. The quantitative estimate of drug-likeness (QED) is 0.741. The van der Waals surface area contributed by atoms with Gasteiger partial charge in [0.25, 0.3) is 0 Å². The summed E-state index contributed by atoms with van der Waals surface area (Å²) in [6.07, 6.45) is 0.579. The monoisotopic (exact) mass is 249 g/mol. The lowest BCUT2D eigenvalue weighted by Gasteiger charge is -2.15. The predicted molar refractivity (Wildman–Crippen MR) is 69.3 cm³/mol. The van der Waals surface area contributed by atoms with E-state index in [1.807, 2.05) is 30.3 Å². The SMILES string of the molecule is CCOC(=O)CN[C@H](Cc1ccccc1)C(C)=O. The van der Waals surface area contributed by atoms with Gasteiger partial charge < -0.3 is 4.74 Å². The first-order chi connectivity index (χ1) is 8.63. The molecule has 0 radical (unpaired) electrons. The van der Waals surface area contributed by atoms with E-state index in [9.17, 15) is 9.59 Å². The van der Waals surface area contributed by atoms with E-state index in [-0.39, 0.29) is 24.3 Å². The highest BCUT2D eigenvalue weighted by Crippen LogP contribution is 2.03. The number of Topliss-reactive ketones (excluding diaryl/α,β-unsaturated/α-hetero) is 1. The van der Waals surface area contributed by atoms with E-state index >= 15 is 0 Å². The number of esters is 1. The second kappa shape index (κ2) is 7.61. The van der Waals surface area contributed by atoms with Crippen molar-refractivity contribution in [1.29, 1.82) is 0 Å². The molecule has 1 aromatic carbocycles. The molecule has 0 aliphatic carbocycles. The highest BCUT2D eigenvalue weighted by atomic mass is 16.5. The number of hydrogen-bond donors (Lipinski definition) is 1. The Bertz CT molecular complexity index is 389. The number of ether oxygens (including phenoxy) is 1. The molecule has 0 saturated carbocycles. The van der Waals surface area contributed by atoms with Gasteiger partial charge in [-0.2, -0.15) is 0 Å². The van der Waals surface area contributed by atoms with Gasteiger partial charge in [0.15, 0.2) is 0 Å². The van der Waals surface area contributed by atoms with Crippen LogP contribution in [0.2, 0.25) is 0 Å². The van der Waals surface area contributed by atoms with Crippen molar-refractivity contribution in [2.75, 3.05) is 13.2 Å². The first kappa shape index (κ1) is 14.4. The maximum atomic E-state index is 11.5. The lowest BCUT2D eigenvalue weighted by atomic mass is 10.0. The maximum Gasteiger partial charge on any atom is 0.319 e. The molecule has 0 spiro atoms. The van der Waals surface area contributed by atoms with Crippen LogP contribution < -0.4 is 5.32 Å². The fourth-order valence-electron chi connectivity index (χ4n) is 1.63. The lowest BCUT2D eigenvalue weighted by molar-refractivity contribution is -0.142. The summed E-state index contributed by atoms with van der Waals surface area (Å²) >= 11 is 0. The second-order valence-corrected chi connectivity index (χ2v) is 4.04. The molecule has 0 bridgehead atoms. The Morgan fingerprint density at radius 3 is 2.50 bits per heavy atom. The van der Waals surface area contributed by atoms with Gasteiger partial charge in [-0.25, -0.2) is 0 Å². The van der Waals surface area contributed by atoms with E-state index in [4.69, 9.17) is 4.74 Å². The van der Waals surface area contributed by atoms with Crippen LogP contribution in [0, 0.1) is 0 Å². The zero-order chi connectivity index (χ0) is 13.4. The number of nitrogens with one attached hydrogen (secondary N) is 1. The third-order valence-corrected chi connectivity index (χ3v) is 2.57. The third-order valence-electron chi connectivity index (χ3n) is 2.57. The van der Waals surface area contributed by atoms with E-state index in [1.165, 1.54) is 6.92 Å². The molecule has 1 N–H and O–H groups in total. The maximum absolute atomic E-state index is 11.5. The standard InChI is InChI=1S/C14H19NO3/c1-3-18-14(17)10-15-13(11(2)16)9-12-7-5-4-6-8-12/h4-8,13,15H,3,9-10H2,1-2H3/t13-/m1/s1. The average Bonchev–Trinajstić information content (AvgIpc) is 2.35. The number of carbonyl (C=O) groups excluding carboxylic acids is 2. The Morgan fingerprint density at radius 1 is 1.28 bits per heavy atom. The summed E-state index contributed by atoms with van der Waals surface area (Å²) in [5, 5.41) is 2.93. The normalized spacial score (nSPS) is 11.9. The van der Waals surface area contributed by atoms with Gasteiger partial charge in [0, 0.05) is 0 Å². The smallest absolute Gasteiger partial charge is 0.319 e. The molecule has 0 fully saturated rings. The van der Waals surface area contributed by atoms with Gasteiger partial charge in [0.1, 0.15) is 5.78 Å². The molecule has 98 valence electrons. The lowest BCUT2D eigenvalue weighted by Crippen LogP contribution is -2.40. The van der Waals surface area contributed by atoms with Crippen molar-refractivity contribution in [2.45, 2.75) is 26.3 Å². The summed E-state index contributed by atoms with van der Waals surface area (Å²) in [7, 11) is 0. The number of rotatable bonds is 7. The van der Waals surface area contributed by atoms with Gasteiger partial charge in [-0.05, 0) is 25.8 Å². The average molecular weight is 249 g/mol. The van der Waals surface area contributed by atoms with Crippen molar-refractivity contribution in [3.05, 3.63) is 35.9 Å². The van der Waals surface area contributed by atoms with Gasteiger partial charge in [-0.1, -0.05) is 30.3 Å². The first-order valence-electron chi connectivity index (χ1n) is 6.07. The largest absolute Gasteiger partial charge is 0.465 e. The van der Waals surface area contributed by atoms with Crippen molar-refractivity contribution < 1.29 is 14.3 Å². The summed E-state index contributed by atoms with van der Waals surface area (Å²) < 4.78 is 4.81. The van der Waals surface area contributed by atoms with Crippen molar-refractivity contribution in [3.63, 3.8) is 0 Å².